The molecule has 7 rings (SSSR count). The summed E-state index contributed by atoms with van der Waals surface area (Å²) >= 11 is 0. The lowest BCUT2D eigenvalue weighted by Crippen LogP contribution is -2.59. The molecule has 0 saturated heterocycles. The molecule has 2 aromatic heterocycles. The number of ketones is 1. The number of aliphatic hydroxyl groups is 3. The molecular formula is C25H30N4O5. The summed E-state index contributed by atoms with van der Waals surface area (Å²) in [7, 11) is 0. The van der Waals surface area contributed by atoms with Crippen LogP contribution in [0.15, 0.2) is 16.8 Å². The molecule has 9 nitrogen and oxygen atoms in total. The maximum absolute atomic E-state index is 12.5. The van der Waals surface area contributed by atoms with E-state index in [1.807, 2.05) is 0 Å². The number of carbonyl (C=O) groups is 1. The smallest absolute Gasteiger partial charge is 0.262 e. The minimum atomic E-state index is -0.946. The van der Waals surface area contributed by atoms with E-state index < -0.39 is 18.3 Å². The van der Waals surface area contributed by atoms with Crippen molar-refractivity contribution in [1.29, 1.82) is 0 Å². The minimum Gasteiger partial charge on any atom is -0.394 e. The summed E-state index contributed by atoms with van der Waals surface area (Å²) in [6, 6.07) is 0.264. The van der Waals surface area contributed by atoms with Gasteiger partial charge in [-0.15, -0.1) is 0 Å². The topological polar surface area (TPSA) is 142 Å². The molecule has 4 bridgehead atoms. The van der Waals surface area contributed by atoms with E-state index >= 15 is 0 Å². The summed E-state index contributed by atoms with van der Waals surface area (Å²) < 4.78 is 5.49. The zero-order valence-corrected chi connectivity index (χ0v) is 19.0. The molecule has 5 aliphatic carbocycles. The van der Waals surface area contributed by atoms with Crippen molar-refractivity contribution in [2.45, 2.75) is 69.1 Å². The molecule has 6 atom stereocenters. The SMILES string of the molecule is O=C(CC[C@@H](O)CO)c1noc(-c2cnc3c(c2NC2[C@@H]4CC5C[C@H]2CC(O)(C5)C4)C=CC3)n1. The van der Waals surface area contributed by atoms with E-state index in [-0.39, 0.29) is 36.4 Å². The van der Waals surface area contributed by atoms with Crippen LogP contribution in [0.4, 0.5) is 5.69 Å². The number of carbonyl (C=O) groups excluding carboxylic acids is 1. The largest absolute Gasteiger partial charge is 0.394 e. The van der Waals surface area contributed by atoms with Gasteiger partial charge in [0, 0.05) is 30.6 Å². The van der Waals surface area contributed by atoms with Crippen LogP contribution in [0.2, 0.25) is 0 Å². The van der Waals surface area contributed by atoms with Crippen molar-refractivity contribution >= 4 is 17.5 Å². The van der Waals surface area contributed by atoms with Crippen molar-refractivity contribution in [3.8, 4) is 11.5 Å². The second-order valence-corrected chi connectivity index (χ2v) is 10.6. The number of aliphatic hydroxyl groups excluding tert-OH is 2. The summed E-state index contributed by atoms with van der Waals surface area (Å²) in [5.74, 6) is 1.31. The lowest BCUT2D eigenvalue weighted by atomic mass is 9.52. The highest BCUT2D eigenvalue weighted by Gasteiger charge is 2.54. The molecule has 9 heteroatoms. The first-order valence-corrected chi connectivity index (χ1v) is 12.3. The Balaban J connectivity index is 1.29. The van der Waals surface area contributed by atoms with Gasteiger partial charge in [0.1, 0.15) is 0 Å². The molecule has 0 aromatic carbocycles. The fourth-order valence-corrected chi connectivity index (χ4v) is 6.84. The van der Waals surface area contributed by atoms with E-state index in [1.165, 1.54) is 0 Å². The number of aromatic nitrogens is 3. The van der Waals surface area contributed by atoms with Gasteiger partial charge in [0.2, 0.25) is 11.6 Å². The predicted molar refractivity (Wildman–Crippen MR) is 123 cm³/mol. The molecule has 180 valence electrons. The van der Waals surface area contributed by atoms with Crippen molar-refractivity contribution in [3.63, 3.8) is 0 Å². The molecule has 3 unspecified atom stereocenters. The average Bonchev–Trinajstić information content (AvgIpc) is 3.48. The molecule has 4 fully saturated rings. The number of hydrogen-bond acceptors (Lipinski definition) is 9. The van der Waals surface area contributed by atoms with Crippen LogP contribution in [0.3, 0.4) is 0 Å². The Morgan fingerprint density at radius 1 is 1.26 bits per heavy atom. The van der Waals surface area contributed by atoms with Crippen LogP contribution in [0.5, 0.6) is 0 Å². The van der Waals surface area contributed by atoms with Gasteiger partial charge in [-0.3, -0.25) is 9.78 Å². The van der Waals surface area contributed by atoms with Crippen LogP contribution in [-0.2, 0) is 6.42 Å². The van der Waals surface area contributed by atoms with E-state index in [0.29, 0.717) is 23.3 Å². The van der Waals surface area contributed by atoms with E-state index in [9.17, 15) is 15.0 Å². The average molecular weight is 467 g/mol. The van der Waals surface area contributed by atoms with E-state index in [4.69, 9.17) is 9.63 Å². The normalized spacial score (nSPS) is 31.6. The van der Waals surface area contributed by atoms with Crippen molar-refractivity contribution in [1.82, 2.24) is 15.1 Å². The highest BCUT2D eigenvalue weighted by Crippen LogP contribution is 2.56. The van der Waals surface area contributed by atoms with Crippen LogP contribution in [0.1, 0.15) is 66.8 Å². The van der Waals surface area contributed by atoms with E-state index in [1.54, 1.807) is 6.20 Å². The zero-order chi connectivity index (χ0) is 23.4. The number of allylic oxidation sites excluding steroid dienone is 1. The fourth-order valence-electron chi connectivity index (χ4n) is 6.84. The summed E-state index contributed by atoms with van der Waals surface area (Å²) in [5.41, 5.74) is 3.08. The lowest BCUT2D eigenvalue weighted by molar-refractivity contribution is -0.129. The monoisotopic (exact) mass is 466 g/mol. The maximum atomic E-state index is 12.5. The van der Waals surface area contributed by atoms with Gasteiger partial charge >= 0.3 is 0 Å². The molecule has 5 aliphatic rings. The second-order valence-electron chi connectivity index (χ2n) is 10.6. The molecule has 34 heavy (non-hydrogen) atoms. The fraction of sp³-hybridized carbons (Fsp3) is 0.600. The molecule has 0 aliphatic heterocycles. The summed E-state index contributed by atoms with van der Waals surface area (Å²) in [6.45, 7) is -0.393. The molecule has 2 heterocycles. The van der Waals surface area contributed by atoms with Gasteiger partial charge in [-0.1, -0.05) is 17.3 Å². The Kier molecular flexibility index (Phi) is 5.31. The van der Waals surface area contributed by atoms with Crippen molar-refractivity contribution < 1.29 is 24.6 Å². The number of anilines is 1. The first-order chi connectivity index (χ1) is 16.4. The van der Waals surface area contributed by atoms with Crippen LogP contribution >= 0.6 is 0 Å². The highest BCUT2D eigenvalue weighted by molar-refractivity contribution is 5.93. The third-order valence-electron chi connectivity index (χ3n) is 8.17. The molecule has 0 radical (unpaired) electrons. The van der Waals surface area contributed by atoms with Gasteiger partial charge in [-0.2, -0.15) is 4.98 Å². The van der Waals surface area contributed by atoms with Crippen LogP contribution in [0, 0.1) is 17.8 Å². The first kappa shape index (κ1) is 21.9. The van der Waals surface area contributed by atoms with E-state index in [2.05, 4.69) is 32.6 Å². The van der Waals surface area contributed by atoms with Crippen molar-refractivity contribution in [2.75, 3.05) is 11.9 Å². The number of rotatable bonds is 8. The Labute approximate surface area is 197 Å². The maximum Gasteiger partial charge on any atom is 0.262 e. The quantitative estimate of drug-likeness (QED) is 0.431. The van der Waals surface area contributed by atoms with Gasteiger partial charge in [0.05, 0.1) is 35.3 Å². The second kappa shape index (κ2) is 8.25. The minimum absolute atomic E-state index is 0.0203. The highest BCUT2D eigenvalue weighted by atomic mass is 16.5. The third kappa shape index (κ3) is 3.76. The van der Waals surface area contributed by atoms with Gasteiger partial charge in [0.25, 0.3) is 5.89 Å². The van der Waals surface area contributed by atoms with Gasteiger partial charge in [0.15, 0.2) is 0 Å². The Hall–Kier alpha value is -2.62. The number of Topliss-reactive ketones (excluding diaryl/α,β-unsaturated/α-hetero) is 1. The van der Waals surface area contributed by atoms with Crippen LogP contribution in [0.25, 0.3) is 17.5 Å². The standard InChI is InChI=1S/C25H30N4O5/c30-12-16(31)4-5-20(32)23-28-24(34-29-23)18-11-26-19-3-1-2-17(19)22(18)27-21-14-6-13-7-15(21)10-25(33,8-13)9-14/h1-2,11,13-16,21,30-31,33H,3-10,12H2,(H,26,27)/t13?,14-,15+,16-,21?,25?/m1/s1. The lowest BCUT2D eigenvalue weighted by Gasteiger charge is -2.58. The third-order valence-corrected chi connectivity index (χ3v) is 8.17. The summed E-state index contributed by atoms with van der Waals surface area (Å²) in [4.78, 5) is 21.4. The number of nitrogens with one attached hydrogen (secondary N) is 1. The van der Waals surface area contributed by atoms with Crippen molar-refractivity contribution in [3.05, 3.63) is 29.4 Å². The molecule has 0 amide bonds. The molecule has 4 N–H and O–H groups in total. The summed E-state index contributed by atoms with van der Waals surface area (Å²) in [5, 5.41) is 37.1. The molecule has 4 saturated carbocycles. The molecular weight excluding hydrogens is 436 g/mol. The van der Waals surface area contributed by atoms with E-state index in [0.717, 1.165) is 55.5 Å². The zero-order valence-electron chi connectivity index (χ0n) is 19.0. The number of nitrogens with zero attached hydrogens (tertiary/aromatic N) is 3. The van der Waals surface area contributed by atoms with Gasteiger partial charge in [-0.25, -0.2) is 0 Å². The van der Waals surface area contributed by atoms with Crippen LogP contribution in [-0.4, -0.2) is 60.6 Å². The first-order valence-electron chi connectivity index (χ1n) is 12.3. The van der Waals surface area contributed by atoms with Crippen molar-refractivity contribution in [2.24, 2.45) is 17.8 Å². The molecule has 0 spiro atoms. The number of hydrogen-bond donors (Lipinski definition) is 4. The number of fused-ring (bicyclic) bond motifs is 1. The van der Waals surface area contributed by atoms with Crippen LogP contribution < -0.4 is 5.32 Å². The molecule has 2 aromatic rings. The Morgan fingerprint density at radius 3 is 2.79 bits per heavy atom. The van der Waals surface area contributed by atoms with Gasteiger partial charge in [-0.05, 0) is 56.3 Å². The predicted octanol–water partition coefficient (Wildman–Crippen LogP) is 2.37. The van der Waals surface area contributed by atoms with Gasteiger partial charge < -0.3 is 25.2 Å². The number of pyridine rings is 1. The Morgan fingerprint density at radius 2 is 2.06 bits per heavy atom. The Bertz CT molecular complexity index is 1130. The summed E-state index contributed by atoms with van der Waals surface area (Å²) in [6.07, 6.45) is 10.8.